The first-order chi connectivity index (χ1) is 12.1. The monoisotopic (exact) mass is 349 g/mol. The van der Waals surface area contributed by atoms with E-state index >= 15 is 0 Å². The van der Waals surface area contributed by atoms with Gasteiger partial charge in [-0.25, -0.2) is 9.37 Å². The van der Waals surface area contributed by atoms with Gasteiger partial charge in [0.1, 0.15) is 24.0 Å². The van der Waals surface area contributed by atoms with Crippen LogP contribution in [0.3, 0.4) is 0 Å². The van der Waals surface area contributed by atoms with Crippen LogP contribution in [0.4, 0.5) is 4.39 Å². The Morgan fingerprint density at radius 1 is 1.44 bits per heavy atom. The Balaban J connectivity index is 0.000000701. The number of carbonyl (C=O) groups is 1. The highest BCUT2D eigenvalue weighted by atomic mass is 19.1. The minimum absolute atomic E-state index is 0.236. The number of benzene rings is 1. The molecule has 25 heavy (non-hydrogen) atoms. The van der Waals surface area contributed by atoms with Crippen LogP contribution in [-0.2, 0) is 4.79 Å². The lowest BCUT2D eigenvalue weighted by Crippen LogP contribution is -2.37. The molecule has 136 valence electrons. The predicted octanol–water partition coefficient (Wildman–Crippen LogP) is 2.82. The van der Waals surface area contributed by atoms with Gasteiger partial charge in [-0.2, -0.15) is 0 Å². The third-order valence-corrected chi connectivity index (χ3v) is 4.10. The molecule has 0 saturated carbocycles. The summed E-state index contributed by atoms with van der Waals surface area (Å²) >= 11 is 0. The van der Waals surface area contributed by atoms with E-state index < -0.39 is 0 Å². The van der Waals surface area contributed by atoms with Gasteiger partial charge in [0.05, 0.1) is 0 Å². The van der Waals surface area contributed by atoms with Crippen LogP contribution >= 0.6 is 0 Å². The highest BCUT2D eigenvalue weighted by molar-refractivity contribution is 5.32. The number of nitrogens with one attached hydrogen (secondary N) is 1. The summed E-state index contributed by atoms with van der Waals surface area (Å²) in [6, 6.07) is 6.18. The van der Waals surface area contributed by atoms with E-state index in [-0.39, 0.29) is 12.3 Å². The Kier molecular flexibility index (Phi) is 7.40. The molecular weight excluding hydrogens is 325 g/mol. The van der Waals surface area contributed by atoms with E-state index in [2.05, 4.69) is 14.9 Å². The first kappa shape index (κ1) is 18.9. The van der Waals surface area contributed by atoms with Crippen molar-refractivity contribution in [2.24, 2.45) is 0 Å². The highest BCUT2D eigenvalue weighted by Crippen LogP contribution is 2.24. The Labute approximate surface area is 146 Å². The standard InChI is InChI=1S/C17H22FN3O.CH2O2/c1-13-11-19-17(20-13)14-3-2-8-21(12-14)9-10-22-16-6-4-15(18)5-7-16;2-1-3/h4-7,11,14H,2-3,8-10,12H2,1H3,(H,19,20);1H,(H,2,3). The van der Waals surface area contributed by atoms with E-state index in [0.717, 1.165) is 36.9 Å². The van der Waals surface area contributed by atoms with Crippen molar-refractivity contribution < 1.29 is 19.0 Å². The van der Waals surface area contributed by atoms with Gasteiger partial charge in [-0.05, 0) is 50.6 Å². The molecule has 0 radical (unpaired) electrons. The maximum Gasteiger partial charge on any atom is 0.290 e. The summed E-state index contributed by atoms with van der Waals surface area (Å²) in [6.45, 7) is 5.40. The smallest absolute Gasteiger partial charge is 0.290 e. The first-order valence-corrected chi connectivity index (χ1v) is 8.32. The van der Waals surface area contributed by atoms with E-state index in [1.807, 2.05) is 13.1 Å². The Morgan fingerprint density at radius 2 is 2.16 bits per heavy atom. The lowest BCUT2D eigenvalue weighted by molar-refractivity contribution is -0.122. The summed E-state index contributed by atoms with van der Waals surface area (Å²) in [5.41, 5.74) is 1.12. The summed E-state index contributed by atoms with van der Waals surface area (Å²) in [7, 11) is 0. The van der Waals surface area contributed by atoms with Gasteiger partial charge in [-0.15, -0.1) is 0 Å². The van der Waals surface area contributed by atoms with Gasteiger partial charge < -0.3 is 14.8 Å². The average Bonchev–Trinajstić information content (AvgIpc) is 3.04. The van der Waals surface area contributed by atoms with Crippen molar-refractivity contribution in [2.75, 3.05) is 26.2 Å². The summed E-state index contributed by atoms with van der Waals surface area (Å²) in [5.74, 6) is 2.06. The summed E-state index contributed by atoms with van der Waals surface area (Å²) < 4.78 is 18.5. The maximum absolute atomic E-state index is 12.8. The van der Waals surface area contributed by atoms with E-state index in [0.29, 0.717) is 12.5 Å². The number of rotatable bonds is 5. The largest absolute Gasteiger partial charge is 0.492 e. The summed E-state index contributed by atoms with van der Waals surface area (Å²) in [5, 5.41) is 6.89. The fourth-order valence-corrected chi connectivity index (χ4v) is 2.95. The number of H-pyrrole nitrogens is 1. The zero-order valence-corrected chi connectivity index (χ0v) is 14.3. The number of aromatic amines is 1. The van der Waals surface area contributed by atoms with E-state index in [4.69, 9.17) is 14.6 Å². The molecule has 0 bridgehead atoms. The number of carboxylic acid groups (broad SMARTS) is 1. The molecule has 1 atom stereocenters. The van der Waals surface area contributed by atoms with Gasteiger partial charge in [0, 0.05) is 30.9 Å². The first-order valence-electron chi connectivity index (χ1n) is 8.32. The number of imidazole rings is 1. The SMILES string of the molecule is Cc1cnc(C2CCCN(CCOc3ccc(F)cc3)C2)[nH]1.O=CO. The van der Waals surface area contributed by atoms with Crippen molar-refractivity contribution in [1.82, 2.24) is 14.9 Å². The highest BCUT2D eigenvalue weighted by Gasteiger charge is 2.23. The summed E-state index contributed by atoms with van der Waals surface area (Å²) in [4.78, 5) is 18.6. The second-order valence-electron chi connectivity index (χ2n) is 6.00. The molecule has 1 aromatic heterocycles. The zero-order valence-electron chi connectivity index (χ0n) is 14.3. The number of hydrogen-bond donors (Lipinski definition) is 2. The Hall–Kier alpha value is -2.41. The molecule has 7 heteroatoms. The Morgan fingerprint density at radius 3 is 2.80 bits per heavy atom. The van der Waals surface area contributed by atoms with Crippen LogP contribution in [0.1, 0.15) is 30.3 Å². The number of aryl methyl sites for hydroxylation is 1. The molecular formula is C18H24FN3O3. The quantitative estimate of drug-likeness (QED) is 0.812. The van der Waals surface area contributed by atoms with Crippen molar-refractivity contribution in [3.8, 4) is 5.75 Å². The van der Waals surface area contributed by atoms with Crippen molar-refractivity contribution in [3.05, 3.63) is 47.8 Å². The van der Waals surface area contributed by atoms with Crippen molar-refractivity contribution in [3.63, 3.8) is 0 Å². The summed E-state index contributed by atoms with van der Waals surface area (Å²) in [6.07, 6.45) is 4.26. The van der Waals surface area contributed by atoms with Crippen LogP contribution in [0.5, 0.6) is 5.75 Å². The molecule has 1 unspecified atom stereocenters. The van der Waals surface area contributed by atoms with E-state index in [9.17, 15) is 4.39 Å². The topological polar surface area (TPSA) is 78.5 Å². The molecule has 2 N–H and O–H groups in total. The van der Waals surface area contributed by atoms with E-state index in [1.165, 1.54) is 25.0 Å². The second kappa shape index (κ2) is 9.78. The van der Waals surface area contributed by atoms with Crippen LogP contribution in [0.25, 0.3) is 0 Å². The van der Waals surface area contributed by atoms with Crippen LogP contribution in [-0.4, -0.2) is 52.7 Å². The van der Waals surface area contributed by atoms with Crippen LogP contribution in [0.15, 0.2) is 30.5 Å². The molecule has 0 aliphatic carbocycles. The molecule has 6 nitrogen and oxygen atoms in total. The molecule has 1 aromatic carbocycles. The number of aromatic nitrogens is 2. The van der Waals surface area contributed by atoms with Crippen LogP contribution < -0.4 is 4.74 Å². The number of halogens is 1. The van der Waals surface area contributed by atoms with Gasteiger partial charge in [-0.3, -0.25) is 9.69 Å². The van der Waals surface area contributed by atoms with E-state index in [1.54, 1.807) is 12.1 Å². The molecule has 1 aliphatic rings. The number of ether oxygens (including phenoxy) is 1. The van der Waals surface area contributed by atoms with Gasteiger partial charge >= 0.3 is 0 Å². The molecule has 3 rings (SSSR count). The molecule has 1 fully saturated rings. The Bertz CT molecular complexity index is 645. The third kappa shape index (κ3) is 6.19. The molecule has 2 aromatic rings. The number of piperidine rings is 1. The molecule has 0 spiro atoms. The average molecular weight is 349 g/mol. The number of nitrogens with zero attached hydrogens (tertiary/aromatic N) is 2. The van der Waals surface area contributed by atoms with Crippen molar-refractivity contribution >= 4 is 6.47 Å². The third-order valence-electron chi connectivity index (χ3n) is 4.10. The maximum atomic E-state index is 12.8. The number of likely N-dealkylation sites (tertiary alicyclic amines) is 1. The zero-order chi connectivity index (χ0) is 18.1. The number of hydrogen-bond acceptors (Lipinski definition) is 4. The molecule has 1 aliphatic heterocycles. The van der Waals surface area contributed by atoms with Gasteiger partial charge in [0.25, 0.3) is 6.47 Å². The van der Waals surface area contributed by atoms with Crippen LogP contribution in [0, 0.1) is 12.7 Å². The van der Waals surface area contributed by atoms with Crippen LogP contribution in [0.2, 0.25) is 0 Å². The lowest BCUT2D eigenvalue weighted by Gasteiger charge is -2.31. The minimum atomic E-state index is -0.250. The van der Waals surface area contributed by atoms with Gasteiger partial charge in [-0.1, -0.05) is 0 Å². The molecule has 1 saturated heterocycles. The van der Waals surface area contributed by atoms with Crippen molar-refractivity contribution in [1.29, 1.82) is 0 Å². The fourth-order valence-electron chi connectivity index (χ4n) is 2.95. The van der Waals surface area contributed by atoms with Gasteiger partial charge in [0.15, 0.2) is 0 Å². The molecule has 2 heterocycles. The fraction of sp³-hybridized carbons (Fsp3) is 0.444. The molecule has 0 amide bonds. The van der Waals surface area contributed by atoms with Gasteiger partial charge in [0.2, 0.25) is 0 Å². The normalized spacial score (nSPS) is 17.4. The lowest BCUT2D eigenvalue weighted by atomic mass is 9.97. The van der Waals surface area contributed by atoms with Crippen molar-refractivity contribution in [2.45, 2.75) is 25.7 Å². The second-order valence-corrected chi connectivity index (χ2v) is 6.00. The minimum Gasteiger partial charge on any atom is -0.492 e. The predicted molar refractivity (Wildman–Crippen MR) is 92.3 cm³/mol.